The predicted octanol–water partition coefficient (Wildman–Crippen LogP) is 4.29. The van der Waals surface area contributed by atoms with E-state index in [2.05, 4.69) is 49.7 Å². The SMILES string of the molecule is CCCN(CCC)CC1Cc2c([nH]c3c2CC(C)(C)C=C3)C(N)C1. The highest BCUT2D eigenvalue weighted by Crippen LogP contribution is 2.41. The summed E-state index contributed by atoms with van der Waals surface area (Å²) in [6.45, 7) is 12.9. The summed E-state index contributed by atoms with van der Waals surface area (Å²) in [5.74, 6) is 0.694. The van der Waals surface area contributed by atoms with Gasteiger partial charge in [-0.2, -0.15) is 0 Å². The van der Waals surface area contributed by atoms with E-state index in [1.807, 2.05) is 0 Å². The Morgan fingerprint density at radius 1 is 1.21 bits per heavy atom. The molecule has 0 radical (unpaired) electrons. The van der Waals surface area contributed by atoms with Crippen LogP contribution in [0, 0.1) is 11.3 Å². The van der Waals surface area contributed by atoms with Crippen LogP contribution in [0.15, 0.2) is 6.08 Å². The summed E-state index contributed by atoms with van der Waals surface area (Å²) in [4.78, 5) is 6.28. The highest BCUT2D eigenvalue weighted by atomic mass is 15.1. The normalized spacial score (nSPS) is 24.9. The summed E-state index contributed by atoms with van der Waals surface area (Å²) in [5.41, 5.74) is 12.5. The predicted molar refractivity (Wildman–Crippen MR) is 103 cm³/mol. The largest absolute Gasteiger partial charge is 0.357 e. The molecule has 3 heteroatoms. The van der Waals surface area contributed by atoms with Crippen molar-refractivity contribution in [2.45, 2.75) is 65.8 Å². The standard InChI is InChI=1S/C21H35N3/c1-5-9-24(10-6-2)14-15-11-16-17-13-21(3,4)8-7-19(17)23-20(16)18(22)12-15/h7-8,15,18,23H,5-6,9-14,22H2,1-4H3. The molecule has 3 rings (SSSR count). The van der Waals surface area contributed by atoms with Crippen LogP contribution < -0.4 is 5.73 Å². The second-order valence-corrected chi connectivity index (χ2v) is 8.62. The van der Waals surface area contributed by atoms with Crippen LogP contribution in [-0.4, -0.2) is 29.5 Å². The molecule has 0 spiro atoms. The van der Waals surface area contributed by atoms with Gasteiger partial charge in [-0.1, -0.05) is 33.8 Å². The van der Waals surface area contributed by atoms with Crippen molar-refractivity contribution in [3.8, 4) is 0 Å². The van der Waals surface area contributed by atoms with Crippen molar-refractivity contribution < 1.29 is 0 Å². The zero-order valence-corrected chi connectivity index (χ0v) is 16.0. The average Bonchev–Trinajstić information content (AvgIpc) is 2.85. The first kappa shape index (κ1) is 17.8. The number of rotatable bonds is 6. The van der Waals surface area contributed by atoms with Gasteiger partial charge < -0.3 is 15.6 Å². The second-order valence-electron chi connectivity index (χ2n) is 8.62. The molecule has 0 aromatic carbocycles. The number of nitrogens with two attached hydrogens (primary N) is 1. The topological polar surface area (TPSA) is 45.0 Å². The van der Waals surface area contributed by atoms with Crippen LogP contribution in [0.4, 0.5) is 0 Å². The van der Waals surface area contributed by atoms with Gasteiger partial charge in [0.05, 0.1) is 0 Å². The monoisotopic (exact) mass is 329 g/mol. The molecule has 24 heavy (non-hydrogen) atoms. The van der Waals surface area contributed by atoms with Gasteiger partial charge in [0.25, 0.3) is 0 Å². The molecule has 0 bridgehead atoms. The first-order valence-electron chi connectivity index (χ1n) is 9.84. The molecule has 1 aromatic rings. The van der Waals surface area contributed by atoms with E-state index in [-0.39, 0.29) is 11.5 Å². The van der Waals surface area contributed by atoms with Crippen molar-refractivity contribution in [1.29, 1.82) is 0 Å². The van der Waals surface area contributed by atoms with Gasteiger partial charge in [-0.15, -0.1) is 0 Å². The fraction of sp³-hybridized carbons (Fsp3) is 0.714. The molecule has 0 aliphatic heterocycles. The molecule has 1 heterocycles. The summed E-state index contributed by atoms with van der Waals surface area (Å²) in [6, 6.07) is 0.172. The van der Waals surface area contributed by atoms with E-state index in [0.29, 0.717) is 5.92 Å². The number of allylic oxidation sites excluding steroid dienone is 1. The first-order chi connectivity index (χ1) is 11.4. The molecule has 1 aromatic heterocycles. The molecule has 0 amide bonds. The summed E-state index contributed by atoms with van der Waals surface area (Å²) in [7, 11) is 0. The van der Waals surface area contributed by atoms with Crippen molar-refractivity contribution in [1.82, 2.24) is 9.88 Å². The van der Waals surface area contributed by atoms with Crippen LogP contribution in [0.25, 0.3) is 6.08 Å². The van der Waals surface area contributed by atoms with Crippen molar-refractivity contribution in [3.63, 3.8) is 0 Å². The van der Waals surface area contributed by atoms with E-state index >= 15 is 0 Å². The van der Waals surface area contributed by atoms with Crippen molar-refractivity contribution in [3.05, 3.63) is 28.6 Å². The van der Waals surface area contributed by atoms with E-state index < -0.39 is 0 Å². The van der Waals surface area contributed by atoms with Gasteiger partial charge >= 0.3 is 0 Å². The summed E-state index contributed by atoms with van der Waals surface area (Å²) in [6.07, 6.45) is 10.5. The zero-order valence-electron chi connectivity index (χ0n) is 16.0. The lowest BCUT2D eigenvalue weighted by Crippen LogP contribution is -2.36. The smallest absolute Gasteiger partial charge is 0.0454 e. The van der Waals surface area contributed by atoms with Crippen LogP contribution in [0.1, 0.15) is 75.5 Å². The third-order valence-corrected chi connectivity index (χ3v) is 5.66. The number of hydrogen-bond acceptors (Lipinski definition) is 2. The maximum atomic E-state index is 6.57. The molecule has 0 fully saturated rings. The molecule has 0 saturated carbocycles. The molecular formula is C21H35N3. The van der Waals surface area contributed by atoms with Crippen molar-refractivity contribution in [2.75, 3.05) is 19.6 Å². The number of aromatic amines is 1. The number of nitrogens with one attached hydrogen (secondary N) is 1. The van der Waals surface area contributed by atoms with Crippen LogP contribution >= 0.6 is 0 Å². The Hall–Kier alpha value is -1.06. The van der Waals surface area contributed by atoms with Gasteiger partial charge in [0.1, 0.15) is 0 Å². The van der Waals surface area contributed by atoms with Crippen molar-refractivity contribution in [2.24, 2.45) is 17.1 Å². The maximum absolute atomic E-state index is 6.57. The van der Waals surface area contributed by atoms with Crippen LogP contribution in [0.3, 0.4) is 0 Å². The highest BCUT2D eigenvalue weighted by Gasteiger charge is 2.33. The average molecular weight is 330 g/mol. The molecule has 2 aliphatic carbocycles. The van der Waals surface area contributed by atoms with Gasteiger partial charge in [0, 0.05) is 24.0 Å². The minimum absolute atomic E-state index is 0.172. The highest BCUT2D eigenvalue weighted by molar-refractivity contribution is 5.59. The quantitative estimate of drug-likeness (QED) is 0.817. The fourth-order valence-electron chi connectivity index (χ4n) is 4.62. The van der Waals surface area contributed by atoms with E-state index in [1.54, 1.807) is 5.56 Å². The summed E-state index contributed by atoms with van der Waals surface area (Å²) < 4.78 is 0. The van der Waals surface area contributed by atoms with Gasteiger partial charge in [-0.3, -0.25) is 0 Å². The Balaban J connectivity index is 1.80. The number of H-pyrrole nitrogens is 1. The van der Waals surface area contributed by atoms with Crippen LogP contribution in [0.5, 0.6) is 0 Å². The number of aromatic nitrogens is 1. The Labute approximate surface area is 147 Å². The van der Waals surface area contributed by atoms with E-state index in [0.717, 1.165) is 12.8 Å². The molecular weight excluding hydrogens is 294 g/mol. The van der Waals surface area contributed by atoms with Crippen LogP contribution in [0.2, 0.25) is 0 Å². The Bertz CT molecular complexity index is 590. The lowest BCUT2D eigenvalue weighted by molar-refractivity contribution is 0.212. The van der Waals surface area contributed by atoms with Gasteiger partial charge in [-0.25, -0.2) is 0 Å². The van der Waals surface area contributed by atoms with Gasteiger partial charge in [0.2, 0.25) is 0 Å². The lowest BCUT2D eigenvalue weighted by atomic mass is 9.76. The fourth-order valence-corrected chi connectivity index (χ4v) is 4.62. The Morgan fingerprint density at radius 3 is 2.58 bits per heavy atom. The second kappa shape index (κ2) is 7.05. The molecule has 3 nitrogen and oxygen atoms in total. The molecule has 2 unspecified atom stereocenters. The van der Waals surface area contributed by atoms with Gasteiger partial charge in [-0.05, 0) is 73.7 Å². The lowest BCUT2D eigenvalue weighted by Gasteiger charge is -2.33. The summed E-state index contributed by atoms with van der Waals surface area (Å²) >= 11 is 0. The molecule has 0 saturated heterocycles. The minimum Gasteiger partial charge on any atom is -0.357 e. The first-order valence-corrected chi connectivity index (χ1v) is 9.84. The third kappa shape index (κ3) is 3.62. The molecule has 3 N–H and O–H groups in total. The van der Waals surface area contributed by atoms with E-state index in [1.165, 1.54) is 55.8 Å². The third-order valence-electron chi connectivity index (χ3n) is 5.66. The van der Waals surface area contributed by atoms with E-state index in [9.17, 15) is 0 Å². The van der Waals surface area contributed by atoms with Crippen LogP contribution in [-0.2, 0) is 12.8 Å². The van der Waals surface area contributed by atoms with Gasteiger partial charge in [0.15, 0.2) is 0 Å². The number of nitrogens with zero attached hydrogens (tertiary/aromatic N) is 1. The number of hydrogen-bond donors (Lipinski definition) is 2. The molecule has 134 valence electrons. The number of fused-ring (bicyclic) bond motifs is 3. The Morgan fingerprint density at radius 2 is 1.92 bits per heavy atom. The minimum atomic E-state index is 0.172. The maximum Gasteiger partial charge on any atom is 0.0454 e. The van der Waals surface area contributed by atoms with E-state index in [4.69, 9.17) is 5.73 Å². The van der Waals surface area contributed by atoms with Crippen molar-refractivity contribution >= 4 is 6.08 Å². The zero-order chi connectivity index (χ0) is 17.3. The summed E-state index contributed by atoms with van der Waals surface area (Å²) in [5, 5.41) is 0. The molecule has 2 aliphatic rings. The molecule has 2 atom stereocenters. The Kier molecular flexibility index (Phi) is 5.22.